The van der Waals surface area contributed by atoms with Crippen molar-refractivity contribution in [2.75, 3.05) is 40.1 Å². The number of nitrogens with one attached hydrogen (secondary N) is 2. The van der Waals surface area contributed by atoms with Crippen LogP contribution < -0.4 is 20.5 Å². The van der Waals surface area contributed by atoms with E-state index >= 15 is 0 Å². The molecule has 0 bridgehead atoms. The first-order valence-electron chi connectivity index (χ1n) is 11.2. The summed E-state index contributed by atoms with van der Waals surface area (Å²) in [7, 11) is 0. The SMILES string of the molecule is CCCCOC(=O)c1ccc2c(c1)NN(c1ccc(N(CC)CC)cc1O)N2c1c[nH]nn1. The number of hydrogen-bond acceptors (Lipinski definition) is 9. The van der Waals surface area contributed by atoms with Crippen molar-refractivity contribution in [1.29, 1.82) is 0 Å². The van der Waals surface area contributed by atoms with Crippen LogP contribution in [-0.2, 0) is 4.74 Å². The van der Waals surface area contributed by atoms with Gasteiger partial charge in [0.15, 0.2) is 5.82 Å². The lowest BCUT2D eigenvalue weighted by Crippen LogP contribution is -2.38. The largest absolute Gasteiger partial charge is 0.506 e. The summed E-state index contributed by atoms with van der Waals surface area (Å²) in [6.07, 6.45) is 3.43. The van der Waals surface area contributed by atoms with Crippen molar-refractivity contribution in [2.45, 2.75) is 33.6 Å². The molecular formula is C23H29N7O3. The van der Waals surface area contributed by atoms with Gasteiger partial charge in [-0.2, -0.15) is 5.12 Å². The topological polar surface area (TPSA) is 110 Å². The highest BCUT2D eigenvalue weighted by Gasteiger charge is 2.33. The maximum Gasteiger partial charge on any atom is 0.338 e. The van der Waals surface area contributed by atoms with Crippen LogP contribution in [0.25, 0.3) is 0 Å². The van der Waals surface area contributed by atoms with Gasteiger partial charge < -0.3 is 14.7 Å². The molecule has 0 saturated carbocycles. The second kappa shape index (κ2) is 9.68. The van der Waals surface area contributed by atoms with Crippen molar-refractivity contribution in [3.63, 3.8) is 0 Å². The smallest absolute Gasteiger partial charge is 0.338 e. The predicted molar refractivity (Wildman–Crippen MR) is 128 cm³/mol. The molecule has 3 N–H and O–H groups in total. The van der Waals surface area contributed by atoms with Crippen LogP contribution in [0, 0.1) is 0 Å². The van der Waals surface area contributed by atoms with Crippen LogP contribution in [0.1, 0.15) is 44.0 Å². The molecule has 0 atom stereocenters. The number of nitrogens with zero attached hydrogens (tertiary/aromatic N) is 5. The van der Waals surface area contributed by atoms with Crippen LogP contribution in [0.5, 0.6) is 5.75 Å². The number of ether oxygens (including phenoxy) is 1. The van der Waals surface area contributed by atoms with E-state index in [0.29, 0.717) is 29.4 Å². The summed E-state index contributed by atoms with van der Waals surface area (Å²) in [6, 6.07) is 10.8. The van der Waals surface area contributed by atoms with E-state index in [0.717, 1.165) is 37.3 Å². The van der Waals surface area contributed by atoms with Crippen molar-refractivity contribution < 1.29 is 14.6 Å². The van der Waals surface area contributed by atoms with E-state index in [4.69, 9.17) is 4.74 Å². The number of fused-ring (bicyclic) bond motifs is 1. The van der Waals surface area contributed by atoms with Crippen LogP contribution in [0.3, 0.4) is 0 Å². The first-order chi connectivity index (χ1) is 16.1. The number of phenolic OH excluding ortho intramolecular Hbond substituents is 1. The Morgan fingerprint density at radius 2 is 1.91 bits per heavy atom. The zero-order chi connectivity index (χ0) is 23.4. The van der Waals surface area contributed by atoms with Gasteiger partial charge in [-0.25, -0.2) is 9.80 Å². The summed E-state index contributed by atoms with van der Waals surface area (Å²) in [6.45, 7) is 8.26. The van der Waals surface area contributed by atoms with Gasteiger partial charge >= 0.3 is 5.97 Å². The van der Waals surface area contributed by atoms with Crippen LogP contribution >= 0.6 is 0 Å². The van der Waals surface area contributed by atoms with E-state index in [9.17, 15) is 9.90 Å². The lowest BCUT2D eigenvalue weighted by atomic mass is 10.1. The Kier molecular flexibility index (Phi) is 6.53. The number of anilines is 5. The third kappa shape index (κ3) is 4.36. The van der Waals surface area contributed by atoms with Gasteiger partial charge in [0.05, 0.1) is 29.7 Å². The number of unbranched alkanes of at least 4 members (excludes halogenated alkanes) is 1. The zero-order valence-electron chi connectivity index (χ0n) is 19.1. The number of phenols is 1. The molecule has 0 radical (unpaired) electrons. The Balaban J connectivity index is 1.67. The van der Waals surface area contributed by atoms with Gasteiger partial charge in [-0.3, -0.25) is 10.5 Å². The van der Waals surface area contributed by atoms with E-state index in [-0.39, 0.29) is 11.7 Å². The molecule has 1 aromatic heterocycles. The zero-order valence-corrected chi connectivity index (χ0v) is 19.1. The number of carbonyl (C=O) groups is 1. The summed E-state index contributed by atoms with van der Waals surface area (Å²) < 4.78 is 5.35. The molecule has 10 heteroatoms. The van der Waals surface area contributed by atoms with E-state index in [2.05, 4.69) is 39.6 Å². The Hall–Kier alpha value is -3.95. The molecule has 0 aliphatic carbocycles. The van der Waals surface area contributed by atoms with Crippen LogP contribution in [0.4, 0.5) is 28.6 Å². The summed E-state index contributed by atoms with van der Waals surface area (Å²) >= 11 is 0. The van der Waals surface area contributed by atoms with Crippen molar-refractivity contribution >= 4 is 34.5 Å². The minimum atomic E-state index is -0.370. The lowest BCUT2D eigenvalue weighted by Gasteiger charge is -2.30. The molecule has 10 nitrogen and oxygen atoms in total. The standard InChI is InChI=1S/C23H29N7O3/c1-4-7-12-33-23(32)16-8-10-19-18(13-16)26-30(29(19)22-15-24-27-25-22)20-11-9-17(14-21(20)31)28(5-2)6-3/h8-11,13-15,26,31H,4-7,12H2,1-3H3,(H,24,25,27). The Labute approximate surface area is 192 Å². The molecule has 1 aliphatic heterocycles. The quantitative estimate of drug-likeness (QED) is 0.325. The normalized spacial score (nSPS) is 12.5. The number of hydrazine groups is 2. The average molecular weight is 452 g/mol. The van der Waals surface area contributed by atoms with Gasteiger partial charge in [0, 0.05) is 24.8 Å². The van der Waals surface area contributed by atoms with Gasteiger partial charge in [-0.15, -0.1) is 5.10 Å². The number of carbonyl (C=O) groups excluding carboxylic acids is 1. The molecule has 2 aromatic carbocycles. The molecular weight excluding hydrogens is 422 g/mol. The molecule has 0 amide bonds. The fourth-order valence-electron chi connectivity index (χ4n) is 3.77. The number of aromatic amines is 1. The van der Waals surface area contributed by atoms with Gasteiger partial charge in [-0.05, 0) is 50.6 Å². The lowest BCUT2D eigenvalue weighted by molar-refractivity contribution is 0.0500. The Morgan fingerprint density at radius 3 is 2.58 bits per heavy atom. The summed E-state index contributed by atoms with van der Waals surface area (Å²) in [5.41, 5.74) is 6.60. The number of hydrogen-bond donors (Lipinski definition) is 3. The van der Waals surface area contributed by atoms with Crippen LogP contribution in [-0.4, -0.2) is 46.2 Å². The maximum absolute atomic E-state index is 12.4. The molecule has 4 rings (SSSR count). The number of aromatic nitrogens is 3. The number of rotatable bonds is 9. The fourth-order valence-corrected chi connectivity index (χ4v) is 3.77. The second-order valence-electron chi connectivity index (χ2n) is 7.63. The van der Waals surface area contributed by atoms with Gasteiger partial charge in [0.2, 0.25) is 0 Å². The Bertz CT molecular complexity index is 1100. The molecule has 0 unspecified atom stereocenters. The number of aromatic hydroxyl groups is 1. The van der Waals surface area contributed by atoms with Crippen molar-refractivity contribution in [3.05, 3.63) is 48.2 Å². The highest BCUT2D eigenvalue weighted by Crippen LogP contribution is 2.44. The second-order valence-corrected chi connectivity index (χ2v) is 7.63. The third-order valence-corrected chi connectivity index (χ3v) is 5.55. The third-order valence-electron chi connectivity index (χ3n) is 5.55. The van der Waals surface area contributed by atoms with Crippen molar-refractivity contribution in [3.8, 4) is 5.75 Å². The van der Waals surface area contributed by atoms with Crippen LogP contribution in [0.15, 0.2) is 42.6 Å². The number of H-pyrrole nitrogens is 1. The first-order valence-corrected chi connectivity index (χ1v) is 11.2. The van der Waals surface area contributed by atoms with Gasteiger partial charge in [0.1, 0.15) is 11.4 Å². The fraction of sp³-hybridized carbons (Fsp3) is 0.348. The highest BCUT2D eigenvalue weighted by molar-refractivity contribution is 5.95. The van der Waals surface area contributed by atoms with E-state index < -0.39 is 0 Å². The molecule has 0 spiro atoms. The maximum atomic E-state index is 12.4. The van der Waals surface area contributed by atoms with Gasteiger partial charge in [0.25, 0.3) is 0 Å². The molecule has 3 aromatic rings. The monoisotopic (exact) mass is 451 g/mol. The molecule has 0 saturated heterocycles. The van der Waals surface area contributed by atoms with E-state index in [1.807, 2.05) is 25.1 Å². The Morgan fingerprint density at radius 1 is 1.12 bits per heavy atom. The average Bonchev–Trinajstić information content (AvgIpc) is 3.47. The van der Waals surface area contributed by atoms with E-state index in [1.54, 1.807) is 34.5 Å². The molecule has 2 heterocycles. The predicted octanol–water partition coefficient (Wildman–Crippen LogP) is 4.21. The molecule has 33 heavy (non-hydrogen) atoms. The van der Waals surface area contributed by atoms with Crippen LogP contribution in [0.2, 0.25) is 0 Å². The molecule has 1 aliphatic rings. The van der Waals surface area contributed by atoms with E-state index in [1.165, 1.54) is 0 Å². The number of benzene rings is 2. The van der Waals surface area contributed by atoms with Crippen molar-refractivity contribution in [1.82, 2.24) is 15.4 Å². The highest BCUT2D eigenvalue weighted by atomic mass is 16.5. The summed E-state index contributed by atoms with van der Waals surface area (Å²) in [4.78, 5) is 14.6. The van der Waals surface area contributed by atoms with Gasteiger partial charge in [-0.1, -0.05) is 18.6 Å². The van der Waals surface area contributed by atoms with Crippen molar-refractivity contribution in [2.24, 2.45) is 0 Å². The molecule has 0 fully saturated rings. The number of esters is 1. The summed E-state index contributed by atoms with van der Waals surface area (Å²) in [5, 5.41) is 25.0. The summed E-state index contributed by atoms with van der Waals surface area (Å²) in [5.74, 6) is 0.255. The minimum Gasteiger partial charge on any atom is -0.506 e. The first kappa shape index (κ1) is 22.3. The minimum absolute atomic E-state index is 0.104. The molecule has 174 valence electrons.